The van der Waals surface area contributed by atoms with Crippen LogP contribution in [0.25, 0.3) is 0 Å². The van der Waals surface area contributed by atoms with Gasteiger partial charge in [0.15, 0.2) is 0 Å². The van der Waals surface area contributed by atoms with E-state index >= 15 is 0 Å². The van der Waals surface area contributed by atoms with Crippen molar-refractivity contribution in [3.05, 3.63) is 44.4 Å². The molecule has 2 heterocycles. The third kappa shape index (κ3) is 4.52. The van der Waals surface area contributed by atoms with E-state index in [9.17, 15) is 9.59 Å². The Labute approximate surface area is 165 Å². The smallest absolute Gasteiger partial charge is 0.267 e. The van der Waals surface area contributed by atoms with Crippen molar-refractivity contribution in [1.29, 1.82) is 0 Å². The number of aryl methyl sites for hydroxylation is 1. The predicted octanol–water partition coefficient (Wildman–Crippen LogP) is 3.44. The summed E-state index contributed by atoms with van der Waals surface area (Å²) in [5.74, 6) is 0.131. The maximum atomic E-state index is 12.5. The SMILES string of the molecule is Cc1nnsc1C(=O)N1CCC(CNC(=O)c2cc(Cl)cc(Cl)c2)CC1. The number of benzene rings is 1. The number of hydrogen-bond donors (Lipinski definition) is 1. The van der Waals surface area contributed by atoms with Crippen LogP contribution in [0.15, 0.2) is 18.2 Å². The molecule has 0 bridgehead atoms. The van der Waals surface area contributed by atoms with Crippen LogP contribution in [0.1, 0.15) is 38.6 Å². The van der Waals surface area contributed by atoms with E-state index in [0.717, 1.165) is 24.4 Å². The molecular weight excluding hydrogens is 395 g/mol. The number of carbonyl (C=O) groups excluding carboxylic acids is 2. The highest BCUT2D eigenvalue weighted by Gasteiger charge is 2.26. The summed E-state index contributed by atoms with van der Waals surface area (Å²) >= 11 is 13.0. The Hall–Kier alpha value is -1.70. The first-order chi connectivity index (χ1) is 12.4. The highest BCUT2D eigenvalue weighted by molar-refractivity contribution is 7.07. The number of piperidine rings is 1. The van der Waals surface area contributed by atoms with Crippen molar-refractivity contribution in [2.45, 2.75) is 19.8 Å². The first-order valence-electron chi connectivity index (χ1n) is 8.26. The van der Waals surface area contributed by atoms with Crippen molar-refractivity contribution in [2.75, 3.05) is 19.6 Å². The fourth-order valence-electron chi connectivity index (χ4n) is 2.94. The van der Waals surface area contributed by atoms with Crippen LogP contribution in [0.3, 0.4) is 0 Å². The van der Waals surface area contributed by atoms with Crippen LogP contribution in [-0.2, 0) is 0 Å². The number of aromatic nitrogens is 2. The summed E-state index contributed by atoms with van der Waals surface area (Å²) in [5, 5.41) is 7.68. The molecule has 0 saturated carbocycles. The van der Waals surface area contributed by atoms with Crippen LogP contribution in [-0.4, -0.2) is 45.9 Å². The van der Waals surface area contributed by atoms with E-state index in [1.165, 1.54) is 0 Å². The number of rotatable bonds is 4. The highest BCUT2D eigenvalue weighted by Crippen LogP contribution is 2.22. The summed E-state index contributed by atoms with van der Waals surface area (Å²) in [7, 11) is 0. The van der Waals surface area contributed by atoms with Crippen molar-refractivity contribution in [3.8, 4) is 0 Å². The summed E-state index contributed by atoms with van der Waals surface area (Å²) in [6, 6.07) is 4.78. The molecule has 2 aromatic rings. The molecule has 1 fully saturated rings. The first kappa shape index (κ1) is 19.1. The van der Waals surface area contributed by atoms with Gasteiger partial charge in [0.2, 0.25) is 0 Å². The van der Waals surface area contributed by atoms with Crippen LogP contribution in [0.2, 0.25) is 10.0 Å². The van der Waals surface area contributed by atoms with Gasteiger partial charge < -0.3 is 10.2 Å². The molecule has 2 amide bonds. The van der Waals surface area contributed by atoms with Crippen LogP contribution in [0.5, 0.6) is 0 Å². The van der Waals surface area contributed by atoms with E-state index in [1.807, 2.05) is 4.90 Å². The fourth-order valence-corrected chi connectivity index (χ4v) is 4.09. The van der Waals surface area contributed by atoms with Gasteiger partial charge >= 0.3 is 0 Å². The van der Waals surface area contributed by atoms with E-state index in [1.54, 1.807) is 25.1 Å². The zero-order valence-electron chi connectivity index (χ0n) is 14.2. The van der Waals surface area contributed by atoms with E-state index in [0.29, 0.717) is 51.7 Å². The topological polar surface area (TPSA) is 75.2 Å². The van der Waals surface area contributed by atoms with E-state index < -0.39 is 0 Å². The highest BCUT2D eigenvalue weighted by atomic mass is 35.5. The second-order valence-electron chi connectivity index (χ2n) is 6.29. The van der Waals surface area contributed by atoms with Crippen molar-refractivity contribution < 1.29 is 9.59 Å². The Morgan fingerprint density at radius 1 is 1.23 bits per heavy atom. The van der Waals surface area contributed by atoms with Gasteiger partial charge in [-0.1, -0.05) is 27.7 Å². The minimum absolute atomic E-state index is 0.00597. The second-order valence-corrected chi connectivity index (χ2v) is 7.92. The molecule has 1 aromatic carbocycles. The molecule has 0 spiro atoms. The Kier molecular flexibility index (Phi) is 6.11. The van der Waals surface area contributed by atoms with Crippen molar-refractivity contribution in [3.63, 3.8) is 0 Å². The Balaban J connectivity index is 1.49. The maximum Gasteiger partial charge on any atom is 0.267 e. The minimum Gasteiger partial charge on any atom is -0.352 e. The van der Waals surface area contributed by atoms with Gasteiger partial charge in [0, 0.05) is 35.2 Å². The molecule has 1 saturated heterocycles. The molecule has 1 aliphatic heterocycles. The monoisotopic (exact) mass is 412 g/mol. The standard InChI is InChI=1S/C17H18Cl2N4O2S/c1-10-15(26-22-21-10)17(25)23-4-2-11(3-5-23)9-20-16(24)12-6-13(18)8-14(19)7-12/h6-8,11H,2-5,9H2,1H3,(H,20,24). The molecule has 6 nitrogen and oxygen atoms in total. The molecule has 0 aliphatic carbocycles. The number of hydrogen-bond acceptors (Lipinski definition) is 5. The van der Waals surface area contributed by atoms with Crippen LogP contribution in [0.4, 0.5) is 0 Å². The van der Waals surface area contributed by atoms with Gasteiger partial charge in [0.1, 0.15) is 4.88 Å². The zero-order chi connectivity index (χ0) is 18.7. The van der Waals surface area contributed by atoms with Gasteiger partial charge in [-0.3, -0.25) is 9.59 Å². The van der Waals surface area contributed by atoms with Gasteiger partial charge in [-0.2, -0.15) is 0 Å². The molecule has 1 aliphatic rings. The quantitative estimate of drug-likeness (QED) is 0.834. The summed E-state index contributed by atoms with van der Waals surface area (Å²) in [6.07, 6.45) is 1.68. The second kappa shape index (κ2) is 8.33. The lowest BCUT2D eigenvalue weighted by atomic mass is 9.96. The maximum absolute atomic E-state index is 12.5. The summed E-state index contributed by atoms with van der Waals surface area (Å²) < 4.78 is 3.82. The van der Waals surface area contributed by atoms with Gasteiger partial charge in [-0.25, -0.2) is 0 Å². The molecule has 9 heteroatoms. The summed E-state index contributed by atoms with van der Waals surface area (Å²) in [6.45, 7) is 3.69. The number of halogens is 2. The summed E-state index contributed by atoms with van der Waals surface area (Å²) in [5.41, 5.74) is 1.12. The largest absolute Gasteiger partial charge is 0.352 e. The number of carbonyl (C=O) groups is 2. The Morgan fingerprint density at radius 2 is 1.88 bits per heavy atom. The van der Waals surface area contributed by atoms with Gasteiger partial charge in [0.05, 0.1) is 5.69 Å². The number of nitrogens with zero attached hydrogens (tertiary/aromatic N) is 3. The van der Waals surface area contributed by atoms with Crippen molar-refractivity contribution in [2.24, 2.45) is 5.92 Å². The average molecular weight is 413 g/mol. The molecule has 26 heavy (non-hydrogen) atoms. The van der Waals surface area contributed by atoms with Crippen molar-refractivity contribution in [1.82, 2.24) is 19.8 Å². The van der Waals surface area contributed by atoms with E-state index in [-0.39, 0.29) is 11.8 Å². The lowest BCUT2D eigenvalue weighted by molar-refractivity contribution is 0.0688. The Morgan fingerprint density at radius 3 is 2.46 bits per heavy atom. The molecule has 1 N–H and O–H groups in total. The van der Waals surface area contributed by atoms with Gasteiger partial charge in [-0.05, 0) is 55.4 Å². The van der Waals surface area contributed by atoms with E-state index in [2.05, 4.69) is 14.9 Å². The lowest BCUT2D eigenvalue weighted by Gasteiger charge is -2.31. The van der Waals surface area contributed by atoms with Gasteiger partial charge in [-0.15, -0.1) is 5.10 Å². The number of nitrogens with one attached hydrogen (secondary N) is 1. The van der Waals surface area contributed by atoms with Crippen LogP contribution < -0.4 is 5.32 Å². The molecule has 0 radical (unpaired) electrons. The summed E-state index contributed by atoms with van der Waals surface area (Å²) in [4.78, 5) is 27.2. The molecule has 138 valence electrons. The number of likely N-dealkylation sites (tertiary alicyclic amines) is 1. The molecular formula is C17H18Cl2N4O2S. The Bertz CT molecular complexity index is 799. The van der Waals surface area contributed by atoms with Crippen molar-refractivity contribution >= 4 is 46.5 Å². The third-order valence-electron chi connectivity index (χ3n) is 4.42. The van der Waals surface area contributed by atoms with E-state index in [4.69, 9.17) is 23.2 Å². The molecule has 1 aromatic heterocycles. The zero-order valence-corrected chi connectivity index (χ0v) is 16.5. The average Bonchev–Trinajstić information content (AvgIpc) is 3.04. The third-order valence-corrected chi connectivity index (χ3v) is 5.68. The minimum atomic E-state index is -0.195. The molecule has 3 rings (SSSR count). The first-order valence-corrected chi connectivity index (χ1v) is 9.79. The van der Waals surface area contributed by atoms with Crippen LogP contribution in [0, 0.1) is 12.8 Å². The normalized spacial score (nSPS) is 15.1. The lowest BCUT2D eigenvalue weighted by Crippen LogP contribution is -2.41. The fraction of sp³-hybridized carbons (Fsp3) is 0.412. The number of amides is 2. The van der Waals surface area contributed by atoms with Gasteiger partial charge in [0.25, 0.3) is 11.8 Å². The van der Waals surface area contributed by atoms with Crippen LogP contribution >= 0.6 is 34.7 Å². The molecule has 0 unspecified atom stereocenters. The predicted molar refractivity (Wildman–Crippen MR) is 102 cm³/mol. The molecule has 0 atom stereocenters.